The zero-order valence-electron chi connectivity index (χ0n) is 15.9. The Labute approximate surface area is 148 Å². The number of rotatable bonds is 2. The highest BCUT2D eigenvalue weighted by atomic mass is 14.6. The SMILES string of the molecule is C=C/C=C(\C)C1=CC=C2[C@@H]3CCC4CCCC[C@]4(C)[C@H]3CC[C@]12C. The second kappa shape index (κ2) is 5.75. The molecular formula is C24H34. The van der Waals surface area contributed by atoms with Gasteiger partial charge in [-0.1, -0.05) is 63.1 Å². The number of allylic oxidation sites excluding steroid dienone is 7. The third-order valence-electron chi connectivity index (χ3n) is 8.42. The van der Waals surface area contributed by atoms with Gasteiger partial charge >= 0.3 is 0 Å². The van der Waals surface area contributed by atoms with Crippen LogP contribution in [-0.4, -0.2) is 0 Å². The Morgan fingerprint density at radius 2 is 1.92 bits per heavy atom. The number of fused-ring (bicyclic) bond motifs is 5. The van der Waals surface area contributed by atoms with Crippen molar-refractivity contribution in [1.82, 2.24) is 0 Å². The van der Waals surface area contributed by atoms with Gasteiger partial charge in [0.15, 0.2) is 0 Å². The van der Waals surface area contributed by atoms with Gasteiger partial charge in [0.25, 0.3) is 0 Å². The van der Waals surface area contributed by atoms with E-state index < -0.39 is 0 Å². The van der Waals surface area contributed by atoms with Crippen LogP contribution >= 0.6 is 0 Å². The van der Waals surface area contributed by atoms with E-state index in [2.05, 4.69) is 45.6 Å². The smallest absolute Gasteiger partial charge is 0.0142 e. The van der Waals surface area contributed by atoms with Crippen molar-refractivity contribution in [3.8, 4) is 0 Å². The van der Waals surface area contributed by atoms with Crippen LogP contribution in [0.3, 0.4) is 0 Å². The van der Waals surface area contributed by atoms with Crippen LogP contribution in [-0.2, 0) is 0 Å². The zero-order chi connectivity index (χ0) is 16.9. The molecule has 0 saturated heterocycles. The highest BCUT2D eigenvalue weighted by Gasteiger charge is 2.55. The van der Waals surface area contributed by atoms with Crippen LogP contribution in [0.15, 0.2) is 47.6 Å². The normalized spacial score (nSPS) is 44.8. The van der Waals surface area contributed by atoms with Crippen molar-refractivity contribution in [2.24, 2.45) is 28.6 Å². The second-order valence-electron chi connectivity index (χ2n) is 9.40. The molecule has 3 saturated carbocycles. The average Bonchev–Trinajstić information content (AvgIpc) is 2.92. The lowest BCUT2D eigenvalue weighted by atomic mass is 9.46. The van der Waals surface area contributed by atoms with E-state index in [4.69, 9.17) is 0 Å². The molecule has 0 amide bonds. The van der Waals surface area contributed by atoms with Gasteiger partial charge in [0, 0.05) is 5.41 Å². The van der Waals surface area contributed by atoms with Gasteiger partial charge in [-0.2, -0.15) is 0 Å². The van der Waals surface area contributed by atoms with Crippen molar-refractivity contribution in [1.29, 1.82) is 0 Å². The monoisotopic (exact) mass is 322 g/mol. The Bertz CT molecular complexity index is 630. The van der Waals surface area contributed by atoms with Crippen LogP contribution < -0.4 is 0 Å². The summed E-state index contributed by atoms with van der Waals surface area (Å²) in [6.45, 7) is 11.3. The van der Waals surface area contributed by atoms with Gasteiger partial charge in [-0.05, 0) is 79.8 Å². The van der Waals surface area contributed by atoms with Gasteiger partial charge in [0.2, 0.25) is 0 Å². The molecule has 24 heavy (non-hydrogen) atoms. The van der Waals surface area contributed by atoms with Gasteiger partial charge in [0.1, 0.15) is 0 Å². The predicted octanol–water partition coefficient (Wildman–Crippen LogP) is 7.01. The Hall–Kier alpha value is -1.04. The topological polar surface area (TPSA) is 0 Å². The largest absolute Gasteiger partial charge is 0.0991 e. The summed E-state index contributed by atoms with van der Waals surface area (Å²) in [5, 5.41) is 0. The van der Waals surface area contributed by atoms with E-state index in [0.29, 0.717) is 10.8 Å². The molecule has 4 aliphatic rings. The van der Waals surface area contributed by atoms with Crippen molar-refractivity contribution in [2.75, 3.05) is 0 Å². The molecule has 1 unspecified atom stereocenters. The quantitative estimate of drug-likeness (QED) is 0.480. The van der Waals surface area contributed by atoms with Gasteiger partial charge in [-0.3, -0.25) is 0 Å². The fourth-order valence-electron chi connectivity index (χ4n) is 7.12. The summed E-state index contributed by atoms with van der Waals surface area (Å²) in [6.07, 6.45) is 20.7. The molecule has 0 radical (unpaired) electrons. The summed E-state index contributed by atoms with van der Waals surface area (Å²) in [4.78, 5) is 0. The molecular weight excluding hydrogens is 288 g/mol. The second-order valence-corrected chi connectivity index (χ2v) is 9.40. The first kappa shape index (κ1) is 16.4. The highest BCUT2D eigenvalue weighted by molar-refractivity contribution is 5.52. The van der Waals surface area contributed by atoms with E-state index in [0.717, 1.165) is 17.8 Å². The number of hydrogen-bond donors (Lipinski definition) is 0. The maximum atomic E-state index is 3.90. The first-order valence-electron chi connectivity index (χ1n) is 10.2. The molecule has 0 aromatic heterocycles. The van der Waals surface area contributed by atoms with Crippen molar-refractivity contribution < 1.29 is 0 Å². The lowest BCUT2D eigenvalue weighted by Gasteiger charge is -2.58. The van der Waals surface area contributed by atoms with Gasteiger partial charge in [-0.25, -0.2) is 0 Å². The van der Waals surface area contributed by atoms with E-state index in [1.807, 2.05) is 6.08 Å². The minimum atomic E-state index is 0.294. The summed E-state index contributed by atoms with van der Waals surface area (Å²) in [5.74, 6) is 2.79. The molecule has 0 aromatic carbocycles. The van der Waals surface area contributed by atoms with Crippen LogP contribution in [0.4, 0.5) is 0 Å². The summed E-state index contributed by atoms with van der Waals surface area (Å²) >= 11 is 0. The van der Waals surface area contributed by atoms with E-state index in [1.54, 1.807) is 11.1 Å². The van der Waals surface area contributed by atoms with Gasteiger partial charge in [0.05, 0.1) is 0 Å². The van der Waals surface area contributed by atoms with Crippen molar-refractivity contribution >= 4 is 0 Å². The molecule has 4 aliphatic carbocycles. The molecule has 0 bridgehead atoms. The van der Waals surface area contributed by atoms with Crippen molar-refractivity contribution in [3.63, 3.8) is 0 Å². The third-order valence-corrected chi connectivity index (χ3v) is 8.42. The van der Waals surface area contributed by atoms with Crippen LogP contribution in [0.25, 0.3) is 0 Å². The standard InChI is InChI=1S/C24H34/c1-5-8-17(2)20-12-13-21-19-11-10-18-9-6-7-15-23(18,3)22(19)14-16-24(20,21)4/h5,8,12-13,18-19,22H,1,6-7,9-11,14-16H2,2-4H3/b17-8+/t18?,19-,22-,23-,24+/m0/s1. The Balaban J connectivity index is 1.65. The molecule has 0 heterocycles. The van der Waals surface area contributed by atoms with E-state index in [1.165, 1.54) is 56.9 Å². The lowest BCUT2D eigenvalue weighted by molar-refractivity contribution is -0.0477. The highest BCUT2D eigenvalue weighted by Crippen LogP contribution is 2.65. The fraction of sp³-hybridized carbons (Fsp3) is 0.667. The van der Waals surface area contributed by atoms with Gasteiger partial charge < -0.3 is 0 Å². The maximum absolute atomic E-state index is 3.90. The first-order chi connectivity index (χ1) is 11.5. The van der Waals surface area contributed by atoms with Crippen LogP contribution in [0, 0.1) is 28.6 Å². The maximum Gasteiger partial charge on any atom is 0.0142 e. The molecule has 0 N–H and O–H groups in total. The molecule has 130 valence electrons. The summed E-state index contributed by atoms with van der Waals surface area (Å²) < 4.78 is 0. The Kier molecular flexibility index (Phi) is 3.94. The van der Waals surface area contributed by atoms with Crippen LogP contribution in [0.5, 0.6) is 0 Å². The van der Waals surface area contributed by atoms with E-state index >= 15 is 0 Å². The zero-order valence-corrected chi connectivity index (χ0v) is 15.9. The minimum Gasteiger partial charge on any atom is -0.0991 e. The summed E-state index contributed by atoms with van der Waals surface area (Å²) in [6, 6.07) is 0. The molecule has 5 atom stereocenters. The third kappa shape index (κ3) is 2.18. The van der Waals surface area contributed by atoms with Crippen LogP contribution in [0.1, 0.15) is 72.1 Å². The van der Waals surface area contributed by atoms with Gasteiger partial charge in [-0.15, -0.1) is 0 Å². The molecule has 0 nitrogen and oxygen atoms in total. The van der Waals surface area contributed by atoms with Crippen molar-refractivity contribution in [2.45, 2.75) is 72.1 Å². The average molecular weight is 323 g/mol. The summed E-state index contributed by atoms with van der Waals surface area (Å²) in [5.41, 5.74) is 5.66. The molecule has 4 rings (SSSR count). The fourth-order valence-corrected chi connectivity index (χ4v) is 7.12. The molecule has 0 spiro atoms. The van der Waals surface area contributed by atoms with Crippen LogP contribution in [0.2, 0.25) is 0 Å². The van der Waals surface area contributed by atoms with Crippen molar-refractivity contribution in [3.05, 3.63) is 47.6 Å². The van der Waals surface area contributed by atoms with E-state index in [9.17, 15) is 0 Å². The molecule has 3 fully saturated rings. The van der Waals surface area contributed by atoms with E-state index in [-0.39, 0.29) is 0 Å². The summed E-state index contributed by atoms with van der Waals surface area (Å²) in [7, 11) is 0. The lowest BCUT2D eigenvalue weighted by Crippen LogP contribution is -2.49. The molecule has 0 aromatic rings. The first-order valence-corrected chi connectivity index (χ1v) is 10.2. The number of hydrogen-bond acceptors (Lipinski definition) is 0. The minimum absolute atomic E-state index is 0.294. The molecule has 0 aliphatic heterocycles. The Morgan fingerprint density at radius 3 is 2.71 bits per heavy atom. The Morgan fingerprint density at radius 1 is 1.08 bits per heavy atom. The molecule has 0 heteroatoms. The predicted molar refractivity (Wildman–Crippen MR) is 104 cm³/mol.